The summed E-state index contributed by atoms with van der Waals surface area (Å²) in [7, 11) is 0. The van der Waals surface area contributed by atoms with Crippen LogP contribution in [-0.4, -0.2) is 11.7 Å². The maximum atomic E-state index is 8.47. The third kappa shape index (κ3) is 9.44. The van der Waals surface area contributed by atoms with E-state index in [2.05, 4.69) is 18.7 Å². The van der Waals surface area contributed by atoms with E-state index in [-0.39, 0.29) is 0 Å². The van der Waals surface area contributed by atoms with Crippen molar-refractivity contribution in [2.45, 2.75) is 32.1 Å². The maximum absolute atomic E-state index is 8.47. The zero-order valence-electron chi connectivity index (χ0n) is 7.13. The fraction of sp³-hybridized carbons (Fsp3) is 0.600. The van der Waals surface area contributed by atoms with Crippen LogP contribution in [-0.2, 0) is 0 Å². The molecule has 1 nitrogen and oxygen atoms in total. The lowest BCUT2D eigenvalue weighted by Crippen LogP contribution is -1.80. The summed E-state index contributed by atoms with van der Waals surface area (Å²) in [5.41, 5.74) is 0. The van der Waals surface area contributed by atoms with Crippen molar-refractivity contribution in [3.8, 4) is 0 Å². The predicted octanol–water partition coefficient (Wildman–Crippen LogP) is 2.67. The Morgan fingerprint density at radius 2 is 1.73 bits per heavy atom. The van der Waals surface area contributed by atoms with Crippen molar-refractivity contribution in [3.05, 3.63) is 24.8 Å². The third-order valence-electron chi connectivity index (χ3n) is 1.48. The van der Waals surface area contributed by atoms with Crippen molar-refractivity contribution in [2.24, 2.45) is 0 Å². The molecule has 0 atom stereocenters. The van der Waals surface area contributed by atoms with Gasteiger partial charge >= 0.3 is 0 Å². The molecule has 0 spiro atoms. The molecule has 0 aromatic carbocycles. The van der Waals surface area contributed by atoms with Crippen LogP contribution in [0.15, 0.2) is 24.8 Å². The molecule has 0 aliphatic rings. The molecule has 0 fully saturated rings. The molecule has 0 aliphatic carbocycles. The summed E-state index contributed by atoms with van der Waals surface area (Å²) in [5.74, 6) is 0. The SMILES string of the molecule is C=CCCC=CCCCCO. The minimum atomic E-state index is 0.320. The lowest BCUT2D eigenvalue weighted by Gasteiger charge is -1.90. The minimum absolute atomic E-state index is 0.320. The fourth-order valence-electron chi connectivity index (χ4n) is 0.824. The molecule has 0 unspecified atom stereocenters. The van der Waals surface area contributed by atoms with Crippen LogP contribution < -0.4 is 0 Å². The molecule has 0 amide bonds. The summed E-state index contributed by atoms with van der Waals surface area (Å²) in [6.45, 7) is 3.96. The van der Waals surface area contributed by atoms with E-state index in [0.717, 1.165) is 32.1 Å². The predicted molar refractivity (Wildman–Crippen MR) is 49.5 cm³/mol. The van der Waals surface area contributed by atoms with Crippen LogP contribution in [0, 0.1) is 0 Å². The number of allylic oxidation sites excluding steroid dienone is 3. The topological polar surface area (TPSA) is 20.2 Å². The minimum Gasteiger partial charge on any atom is -0.396 e. The number of aliphatic hydroxyl groups excluding tert-OH is 1. The summed E-state index contributed by atoms with van der Waals surface area (Å²) in [6.07, 6.45) is 11.6. The van der Waals surface area contributed by atoms with Crippen molar-refractivity contribution in [2.75, 3.05) is 6.61 Å². The first-order valence-electron chi connectivity index (χ1n) is 4.28. The van der Waals surface area contributed by atoms with Gasteiger partial charge < -0.3 is 5.11 Å². The molecule has 0 aromatic rings. The van der Waals surface area contributed by atoms with Crippen LogP contribution in [0.3, 0.4) is 0 Å². The number of unbranched alkanes of at least 4 members (excludes halogenated alkanes) is 3. The zero-order chi connectivity index (χ0) is 8.36. The van der Waals surface area contributed by atoms with Crippen molar-refractivity contribution in [1.29, 1.82) is 0 Å². The smallest absolute Gasteiger partial charge is 0.0431 e. The summed E-state index contributed by atoms with van der Waals surface area (Å²) >= 11 is 0. The Hall–Kier alpha value is -0.560. The van der Waals surface area contributed by atoms with Gasteiger partial charge in [-0.15, -0.1) is 6.58 Å². The number of hydrogen-bond donors (Lipinski definition) is 1. The van der Waals surface area contributed by atoms with E-state index in [1.807, 2.05) is 6.08 Å². The van der Waals surface area contributed by atoms with E-state index in [9.17, 15) is 0 Å². The first-order chi connectivity index (χ1) is 5.41. The van der Waals surface area contributed by atoms with E-state index in [1.54, 1.807) is 0 Å². The highest BCUT2D eigenvalue weighted by molar-refractivity contribution is 4.84. The fourth-order valence-corrected chi connectivity index (χ4v) is 0.824. The molecule has 0 saturated heterocycles. The van der Waals surface area contributed by atoms with Gasteiger partial charge in [-0.2, -0.15) is 0 Å². The monoisotopic (exact) mass is 154 g/mol. The van der Waals surface area contributed by atoms with Crippen molar-refractivity contribution in [3.63, 3.8) is 0 Å². The summed E-state index contributed by atoms with van der Waals surface area (Å²) in [4.78, 5) is 0. The van der Waals surface area contributed by atoms with Gasteiger partial charge in [0.1, 0.15) is 0 Å². The molecular formula is C10H18O. The van der Waals surface area contributed by atoms with E-state index in [1.165, 1.54) is 0 Å². The zero-order valence-corrected chi connectivity index (χ0v) is 7.13. The molecule has 11 heavy (non-hydrogen) atoms. The van der Waals surface area contributed by atoms with Gasteiger partial charge in [-0.1, -0.05) is 18.2 Å². The van der Waals surface area contributed by atoms with Crippen LogP contribution in [0.25, 0.3) is 0 Å². The summed E-state index contributed by atoms with van der Waals surface area (Å²) < 4.78 is 0. The Morgan fingerprint density at radius 1 is 1.00 bits per heavy atom. The Labute approximate surface area is 69.4 Å². The normalized spacial score (nSPS) is 10.6. The molecule has 0 bridgehead atoms. The average molecular weight is 154 g/mol. The molecule has 0 radical (unpaired) electrons. The largest absolute Gasteiger partial charge is 0.396 e. The first kappa shape index (κ1) is 10.4. The molecule has 0 saturated carbocycles. The van der Waals surface area contributed by atoms with Crippen molar-refractivity contribution < 1.29 is 5.11 Å². The second-order valence-corrected chi connectivity index (χ2v) is 2.56. The van der Waals surface area contributed by atoms with Crippen LogP contribution in [0.4, 0.5) is 0 Å². The summed E-state index contributed by atoms with van der Waals surface area (Å²) in [5, 5.41) is 8.47. The van der Waals surface area contributed by atoms with Gasteiger partial charge in [-0.3, -0.25) is 0 Å². The average Bonchev–Trinajstić information content (AvgIpc) is 2.03. The molecule has 64 valence electrons. The molecule has 1 N–H and O–H groups in total. The van der Waals surface area contributed by atoms with E-state index in [4.69, 9.17) is 5.11 Å². The third-order valence-corrected chi connectivity index (χ3v) is 1.48. The molecule has 0 heterocycles. The van der Waals surface area contributed by atoms with Gasteiger partial charge in [0.25, 0.3) is 0 Å². The van der Waals surface area contributed by atoms with Crippen LogP contribution in [0.1, 0.15) is 32.1 Å². The molecule has 0 aromatic heterocycles. The van der Waals surface area contributed by atoms with Crippen LogP contribution in [0.5, 0.6) is 0 Å². The van der Waals surface area contributed by atoms with E-state index in [0.29, 0.717) is 6.61 Å². The second kappa shape index (κ2) is 9.44. The molecular weight excluding hydrogens is 136 g/mol. The highest BCUT2D eigenvalue weighted by Gasteiger charge is 1.81. The molecule has 1 heteroatoms. The Morgan fingerprint density at radius 3 is 2.36 bits per heavy atom. The van der Waals surface area contributed by atoms with Crippen LogP contribution in [0.2, 0.25) is 0 Å². The van der Waals surface area contributed by atoms with Gasteiger partial charge in [-0.05, 0) is 32.1 Å². The Balaban J connectivity index is 2.97. The van der Waals surface area contributed by atoms with Gasteiger partial charge in [0, 0.05) is 6.61 Å². The van der Waals surface area contributed by atoms with Crippen molar-refractivity contribution in [1.82, 2.24) is 0 Å². The number of aliphatic hydroxyl groups is 1. The van der Waals surface area contributed by atoms with Gasteiger partial charge in [0.05, 0.1) is 0 Å². The standard InChI is InChI=1S/C10H18O/c1-2-3-4-5-6-7-8-9-10-11/h2,5-6,11H,1,3-4,7-10H2. The van der Waals surface area contributed by atoms with Crippen LogP contribution >= 0.6 is 0 Å². The van der Waals surface area contributed by atoms with E-state index < -0.39 is 0 Å². The first-order valence-corrected chi connectivity index (χ1v) is 4.28. The number of rotatable bonds is 7. The van der Waals surface area contributed by atoms with Gasteiger partial charge in [0.2, 0.25) is 0 Å². The number of hydrogen-bond acceptors (Lipinski definition) is 1. The van der Waals surface area contributed by atoms with Crippen molar-refractivity contribution >= 4 is 0 Å². The molecule has 0 aliphatic heterocycles. The highest BCUT2D eigenvalue weighted by atomic mass is 16.2. The highest BCUT2D eigenvalue weighted by Crippen LogP contribution is 1.98. The van der Waals surface area contributed by atoms with Gasteiger partial charge in [-0.25, -0.2) is 0 Å². The Kier molecular flexibility index (Phi) is 8.96. The Bertz CT molecular complexity index is 105. The lowest BCUT2D eigenvalue weighted by atomic mass is 10.2. The van der Waals surface area contributed by atoms with Gasteiger partial charge in [0.15, 0.2) is 0 Å². The summed E-state index contributed by atoms with van der Waals surface area (Å²) in [6, 6.07) is 0. The quantitative estimate of drug-likeness (QED) is 0.441. The maximum Gasteiger partial charge on any atom is 0.0431 e. The van der Waals surface area contributed by atoms with E-state index >= 15 is 0 Å². The lowest BCUT2D eigenvalue weighted by molar-refractivity contribution is 0.285. The second-order valence-electron chi connectivity index (χ2n) is 2.56. The molecule has 0 rings (SSSR count).